The van der Waals surface area contributed by atoms with E-state index in [4.69, 9.17) is 28.4 Å². The number of ether oxygens (including phenoxy) is 6. The van der Waals surface area contributed by atoms with Gasteiger partial charge in [0.1, 0.15) is 0 Å². The van der Waals surface area contributed by atoms with Crippen LogP contribution in [0, 0.1) is 0 Å². The van der Waals surface area contributed by atoms with E-state index in [1.54, 1.807) is 52.0 Å². The van der Waals surface area contributed by atoms with Crippen molar-refractivity contribution in [1.29, 1.82) is 0 Å². The summed E-state index contributed by atoms with van der Waals surface area (Å²) in [5.74, 6) is 0.0278. The van der Waals surface area contributed by atoms with E-state index in [1.165, 1.54) is 12.2 Å². The third-order valence-electron chi connectivity index (χ3n) is 5.63. The first-order chi connectivity index (χ1) is 18.0. The second kappa shape index (κ2) is 15.0. The smallest absolute Gasteiger partial charge is 0.462 e. The molecule has 0 aromatic rings. The zero-order valence-electron chi connectivity index (χ0n) is 22.6. The first kappa shape index (κ1) is 30.7. The number of carbonyl (C=O) groups is 4. The molecule has 2 heterocycles. The van der Waals surface area contributed by atoms with Crippen molar-refractivity contribution in [2.24, 2.45) is 0 Å². The number of allylic oxidation sites excluding steroid dienone is 2. The van der Waals surface area contributed by atoms with Gasteiger partial charge >= 0.3 is 24.2 Å². The molecule has 0 unspecified atom stereocenters. The highest BCUT2D eigenvalue weighted by molar-refractivity contribution is 5.82. The number of rotatable bonds is 15. The number of hydrogen-bond acceptors (Lipinski definition) is 10. The lowest BCUT2D eigenvalue weighted by Gasteiger charge is -2.13. The first-order valence-corrected chi connectivity index (χ1v) is 12.9. The van der Waals surface area contributed by atoms with Crippen molar-refractivity contribution in [2.75, 3.05) is 13.2 Å². The molecule has 10 nitrogen and oxygen atoms in total. The number of hydrogen-bond donors (Lipinski definition) is 0. The fourth-order valence-electron chi connectivity index (χ4n) is 3.59. The van der Waals surface area contributed by atoms with Gasteiger partial charge in [0.2, 0.25) is 0 Å². The molecule has 210 valence electrons. The fourth-order valence-corrected chi connectivity index (χ4v) is 3.59. The van der Waals surface area contributed by atoms with Crippen LogP contribution in [0.2, 0.25) is 0 Å². The highest BCUT2D eigenvalue weighted by Crippen LogP contribution is 2.30. The molecule has 0 spiro atoms. The Labute approximate surface area is 223 Å². The maximum absolute atomic E-state index is 11.8. The Morgan fingerprint density at radius 3 is 1.39 bits per heavy atom. The molecule has 38 heavy (non-hydrogen) atoms. The molecule has 2 fully saturated rings. The van der Waals surface area contributed by atoms with Crippen LogP contribution >= 0.6 is 0 Å². The minimum atomic E-state index is -0.800. The number of unbranched alkanes of at least 4 members (excludes halogenated alkanes) is 5. The van der Waals surface area contributed by atoms with Gasteiger partial charge in [0, 0.05) is 25.0 Å². The standard InChI is InChI=1S/C28H38O10/c1-27(2)21(35-25(31)37-27)15-13-19-33-23(29)17-11-9-7-5-6-8-10-12-18-24(30)34-20-14-16-22-28(3,4)38-26(32)36-22/h11-12,15-18H,5-10,13-14,19-20H2,1-4H3/b17-11+,18-12?,21-15+,22-16+. The van der Waals surface area contributed by atoms with E-state index in [0.717, 1.165) is 38.5 Å². The highest BCUT2D eigenvalue weighted by Gasteiger charge is 2.39. The number of cyclic esters (lactones) is 4. The molecular formula is C28H38O10. The Balaban J connectivity index is 1.44. The molecule has 2 rings (SSSR count). The third kappa shape index (κ3) is 11.2. The van der Waals surface area contributed by atoms with Crippen molar-refractivity contribution in [3.05, 3.63) is 48.0 Å². The van der Waals surface area contributed by atoms with E-state index >= 15 is 0 Å². The summed E-state index contributed by atoms with van der Waals surface area (Å²) in [6, 6.07) is 0. The second-order valence-electron chi connectivity index (χ2n) is 9.77. The van der Waals surface area contributed by atoms with Crippen LogP contribution < -0.4 is 0 Å². The van der Waals surface area contributed by atoms with E-state index < -0.39 is 35.5 Å². The maximum atomic E-state index is 11.8. The molecule has 0 aromatic carbocycles. The van der Waals surface area contributed by atoms with Crippen molar-refractivity contribution in [3.63, 3.8) is 0 Å². The van der Waals surface area contributed by atoms with Crippen LogP contribution in [0.1, 0.15) is 79.1 Å². The van der Waals surface area contributed by atoms with E-state index in [-0.39, 0.29) is 13.2 Å². The minimum absolute atomic E-state index is 0.185. The quantitative estimate of drug-likeness (QED) is 0.107. The minimum Gasteiger partial charge on any atom is -0.462 e. The second-order valence-corrected chi connectivity index (χ2v) is 9.77. The van der Waals surface area contributed by atoms with Crippen LogP contribution in [-0.4, -0.2) is 48.7 Å². The average molecular weight is 535 g/mol. The summed E-state index contributed by atoms with van der Waals surface area (Å²) >= 11 is 0. The Bertz CT molecular complexity index is 890. The zero-order valence-corrected chi connectivity index (χ0v) is 22.6. The van der Waals surface area contributed by atoms with E-state index in [2.05, 4.69) is 0 Å². The van der Waals surface area contributed by atoms with Gasteiger partial charge in [-0.05, 0) is 65.5 Å². The lowest BCUT2D eigenvalue weighted by molar-refractivity contribution is -0.138. The molecule has 0 saturated carbocycles. The molecular weight excluding hydrogens is 496 g/mol. The van der Waals surface area contributed by atoms with Crippen molar-refractivity contribution in [3.8, 4) is 0 Å². The highest BCUT2D eigenvalue weighted by atomic mass is 16.8. The van der Waals surface area contributed by atoms with E-state index in [0.29, 0.717) is 24.4 Å². The molecule has 0 aromatic heterocycles. The molecule has 0 atom stereocenters. The molecule has 0 aliphatic carbocycles. The van der Waals surface area contributed by atoms with Gasteiger partial charge in [0.25, 0.3) is 0 Å². The topological polar surface area (TPSA) is 124 Å². The molecule has 0 bridgehead atoms. The van der Waals surface area contributed by atoms with Gasteiger partial charge in [0.05, 0.1) is 13.2 Å². The van der Waals surface area contributed by atoms with E-state index in [1.807, 2.05) is 0 Å². The number of esters is 2. The zero-order chi connectivity index (χ0) is 28.0. The van der Waals surface area contributed by atoms with Gasteiger partial charge in [-0.25, -0.2) is 19.2 Å². The molecule has 0 radical (unpaired) electrons. The molecule has 0 amide bonds. The van der Waals surface area contributed by atoms with E-state index in [9.17, 15) is 19.2 Å². The lowest BCUT2D eigenvalue weighted by Crippen LogP contribution is -2.20. The molecule has 2 aliphatic rings. The van der Waals surface area contributed by atoms with Gasteiger partial charge < -0.3 is 28.4 Å². The summed E-state index contributed by atoms with van der Waals surface area (Å²) in [6.45, 7) is 7.28. The maximum Gasteiger partial charge on any atom is 0.514 e. The van der Waals surface area contributed by atoms with Gasteiger partial charge in [-0.2, -0.15) is 0 Å². The summed E-state index contributed by atoms with van der Waals surface area (Å²) in [4.78, 5) is 45.8. The van der Waals surface area contributed by atoms with Crippen LogP contribution in [0.4, 0.5) is 9.59 Å². The van der Waals surface area contributed by atoms with Crippen LogP contribution in [0.3, 0.4) is 0 Å². The van der Waals surface area contributed by atoms with Gasteiger partial charge in [0.15, 0.2) is 22.7 Å². The van der Waals surface area contributed by atoms with Gasteiger partial charge in [-0.1, -0.05) is 25.0 Å². The summed E-state index contributed by atoms with van der Waals surface area (Å²) < 4.78 is 30.2. The average Bonchev–Trinajstić information content (AvgIpc) is 3.25. The largest absolute Gasteiger partial charge is 0.514 e. The predicted octanol–water partition coefficient (Wildman–Crippen LogP) is 5.96. The third-order valence-corrected chi connectivity index (χ3v) is 5.63. The Hall–Kier alpha value is -3.56. The van der Waals surface area contributed by atoms with Crippen molar-refractivity contribution in [1.82, 2.24) is 0 Å². The van der Waals surface area contributed by atoms with Crippen LogP contribution in [0.25, 0.3) is 0 Å². The summed E-state index contributed by atoms with van der Waals surface area (Å²) in [7, 11) is 0. The Morgan fingerprint density at radius 2 is 1.05 bits per heavy atom. The molecule has 2 aliphatic heterocycles. The normalized spacial score (nSPS) is 20.0. The molecule has 2 saturated heterocycles. The first-order valence-electron chi connectivity index (χ1n) is 12.9. The van der Waals surface area contributed by atoms with Crippen LogP contribution in [0.5, 0.6) is 0 Å². The monoisotopic (exact) mass is 534 g/mol. The summed E-state index contributed by atoms with van der Waals surface area (Å²) in [6.07, 6.45) is 14.7. The summed E-state index contributed by atoms with van der Waals surface area (Å²) in [5.41, 5.74) is -1.60. The molecule has 10 heteroatoms. The van der Waals surface area contributed by atoms with Gasteiger partial charge in [-0.15, -0.1) is 0 Å². The molecule has 0 N–H and O–H groups in total. The SMILES string of the molecule is CC1(C)OC(=O)O/C1=C/CCOC(=O)C=CCCCCCC/C=C/C(=O)OCC/C=C1/OC(=O)OC1(C)C. The van der Waals surface area contributed by atoms with Crippen molar-refractivity contribution < 1.29 is 47.6 Å². The van der Waals surface area contributed by atoms with Crippen LogP contribution in [-0.2, 0) is 38.0 Å². The van der Waals surface area contributed by atoms with Crippen molar-refractivity contribution in [2.45, 2.75) is 90.3 Å². The Morgan fingerprint density at radius 1 is 0.658 bits per heavy atom. The van der Waals surface area contributed by atoms with Gasteiger partial charge in [-0.3, -0.25) is 0 Å². The van der Waals surface area contributed by atoms with Crippen molar-refractivity contribution >= 4 is 24.2 Å². The summed E-state index contributed by atoms with van der Waals surface area (Å²) in [5, 5.41) is 0. The fraction of sp³-hybridized carbons (Fsp3) is 0.571. The Kier molecular flexibility index (Phi) is 12.1. The number of carbonyl (C=O) groups excluding carboxylic acids is 4. The van der Waals surface area contributed by atoms with Crippen LogP contribution in [0.15, 0.2) is 48.0 Å². The lowest BCUT2D eigenvalue weighted by atomic mass is 10.1. The predicted molar refractivity (Wildman–Crippen MR) is 137 cm³/mol.